The molecule has 1 amide bonds. The van der Waals surface area contributed by atoms with Crippen molar-refractivity contribution in [1.82, 2.24) is 15.2 Å². The van der Waals surface area contributed by atoms with E-state index in [1.165, 1.54) is 12.0 Å². The molecule has 2 aromatic rings. The van der Waals surface area contributed by atoms with Gasteiger partial charge >= 0.3 is 0 Å². The van der Waals surface area contributed by atoms with Gasteiger partial charge in [0.05, 0.1) is 17.1 Å². The van der Waals surface area contributed by atoms with Gasteiger partial charge in [-0.25, -0.2) is 4.98 Å². The third kappa shape index (κ3) is 3.10. The van der Waals surface area contributed by atoms with E-state index in [1.807, 2.05) is 10.9 Å². The maximum atomic E-state index is 12.7. The van der Waals surface area contributed by atoms with Gasteiger partial charge < -0.3 is 5.32 Å². The fourth-order valence-electron chi connectivity index (χ4n) is 4.26. The summed E-state index contributed by atoms with van der Waals surface area (Å²) in [6, 6.07) is 11.5. The lowest BCUT2D eigenvalue weighted by molar-refractivity contribution is -0.125. The van der Waals surface area contributed by atoms with E-state index in [4.69, 9.17) is 0 Å². The van der Waals surface area contributed by atoms with E-state index in [9.17, 15) is 4.79 Å². The minimum atomic E-state index is 0.119. The Morgan fingerprint density at radius 2 is 2.21 bits per heavy atom. The standard InChI is InChI=1S/C19H23N3OS/c23-19(20-9-8-15-12-24-13-21-15)16-11-18(14-5-2-1-3-6-14)22-10-4-7-17(16)22/h1-3,5-6,12-13,16-18H,4,7-11H2,(H,20,23)/t16-,17+,18-/m1/s1. The fraction of sp³-hybridized carbons (Fsp3) is 0.474. The molecule has 0 saturated carbocycles. The van der Waals surface area contributed by atoms with Crippen LogP contribution in [0.5, 0.6) is 0 Å². The van der Waals surface area contributed by atoms with Crippen molar-refractivity contribution in [3.8, 4) is 0 Å². The van der Waals surface area contributed by atoms with E-state index in [0.29, 0.717) is 18.6 Å². The summed E-state index contributed by atoms with van der Waals surface area (Å²) in [5.41, 5.74) is 4.26. The predicted molar refractivity (Wildman–Crippen MR) is 95.8 cm³/mol. The summed E-state index contributed by atoms with van der Waals surface area (Å²) in [7, 11) is 0. The number of hydrogen-bond acceptors (Lipinski definition) is 4. The van der Waals surface area contributed by atoms with Crippen LogP contribution in [0.4, 0.5) is 0 Å². The first-order chi connectivity index (χ1) is 11.8. The van der Waals surface area contributed by atoms with Gasteiger partial charge in [-0.2, -0.15) is 0 Å². The molecule has 0 aliphatic carbocycles. The van der Waals surface area contributed by atoms with Crippen LogP contribution in [0, 0.1) is 5.92 Å². The zero-order chi connectivity index (χ0) is 16.4. The number of benzene rings is 1. The number of fused-ring (bicyclic) bond motifs is 1. The van der Waals surface area contributed by atoms with Crippen molar-refractivity contribution >= 4 is 17.2 Å². The summed E-state index contributed by atoms with van der Waals surface area (Å²) in [6.07, 6.45) is 4.11. The van der Waals surface area contributed by atoms with Crippen molar-refractivity contribution in [1.29, 1.82) is 0 Å². The van der Waals surface area contributed by atoms with Crippen molar-refractivity contribution < 1.29 is 4.79 Å². The molecule has 0 radical (unpaired) electrons. The topological polar surface area (TPSA) is 45.2 Å². The first-order valence-electron chi connectivity index (χ1n) is 8.78. The highest BCUT2D eigenvalue weighted by molar-refractivity contribution is 7.07. The average Bonchev–Trinajstić information content (AvgIpc) is 3.33. The molecule has 2 aliphatic rings. The van der Waals surface area contributed by atoms with E-state index in [0.717, 1.165) is 31.5 Å². The monoisotopic (exact) mass is 341 g/mol. The van der Waals surface area contributed by atoms with Gasteiger partial charge in [0.2, 0.25) is 5.91 Å². The van der Waals surface area contributed by atoms with E-state index in [2.05, 4.69) is 45.5 Å². The molecule has 1 N–H and O–H groups in total. The normalized spacial score (nSPS) is 26.4. The van der Waals surface area contributed by atoms with Crippen LogP contribution >= 0.6 is 11.3 Å². The summed E-state index contributed by atoms with van der Waals surface area (Å²) in [5.74, 6) is 0.341. The van der Waals surface area contributed by atoms with Crippen LogP contribution in [0.1, 0.15) is 36.6 Å². The Kier molecular flexibility index (Phi) is 4.63. The van der Waals surface area contributed by atoms with Crippen molar-refractivity contribution in [3.63, 3.8) is 0 Å². The maximum Gasteiger partial charge on any atom is 0.224 e. The third-order valence-corrected chi connectivity index (χ3v) is 6.00. The third-order valence-electron chi connectivity index (χ3n) is 5.37. The largest absolute Gasteiger partial charge is 0.355 e. The second-order valence-electron chi connectivity index (χ2n) is 6.74. The maximum absolute atomic E-state index is 12.7. The number of rotatable bonds is 5. The summed E-state index contributed by atoms with van der Waals surface area (Å²) in [5, 5.41) is 5.19. The lowest BCUT2D eigenvalue weighted by Gasteiger charge is -2.24. The average molecular weight is 341 g/mol. The highest BCUT2D eigenvalue weighted by Gasteiger charge is 2.46. The Morgan fingerprint density at radius 1 is 1.33 bits per heavy atom. The summed E-state index contributed by atoms with van der Waals surface area (Å²) < 4.78 is 0. The van der Waals surface area contributed by atoms with Gasteiger partial charge in [-0.15, -0.1) is 11.3 Å². The molecule has 2 saturated heterocycles. The van der Waals surface area contributed by atoms with Crippen molar-refractivity contribution in [2.75, 3.05) is 13.1 Å². The van der Waals surface area contributed by atoms with Crippen LogP contribution in [-0.4, -0.2) is 34.9 Å². The van der Waals surface area contributed by atoms with Crippen molar-refractivity contribution in [2.24, 2.45) is 5.92 Å². The molecule has 0 bridgehead atoms. The molecule has 24 heavy (non-hydrogen) atoms. The first kappa shape index (κ1) is 15.8. The van der Waals surface area contributed by atoms with Gasteiger partial charge in [0.15, 0.2) is 0 Å². The Labute approximate surface area is 146 Å². The zero-order valence-electron chi connectivity index (χ0n) is 13.7. The molecule has 2 fully saturated rings. The Balaban J connectivity index is 1.40. The van der Waals surface area contributed by atoms with Crippen LogP contribution in [0.2, 0.25) is 0 Å². The molecule has 4 nitrogen and oxygen atoms in total. The number of nitrogens with zero attached hydrogens (tertiary/aromatic N) is 2. The molecule has 3 atom stereocenters. The number of nitrogens with one attached hydrogen (secondary N) is 1. The summed E-state index contributed by atoms with van der Waals surface area (Å²) in [4.78, 5) is 19.6. The van der Waals surface area contributed by atoms with E-state index < -0.39 is 0 Å². The lowest BCUT2D eigenvalue weighted by atomic mass is 9.93. The quantitative estimate of drug-likeness (QED) is 0.909. The molecule has 4 rings (SSSR count). The van der Waals surface area contributed by atoms with Gasteiger partial charge in [-0.1, -0.05) is 30.3 Å². The van der Waals surface area contributed by atoms with E-state index >= 15 is 0 Å². The Hall–Kier alpha value is -1.72. The fourth-order valence-corrected chi connectivity index (χ4v) is 4.85. The molecule has 1 aromatic carbocycles. The minimum Gasteiger partial charge on any atom is -0.355 e. The highest BCUT2D eigenvalue weighted by atomic mass is 32.1. The summed E-state index contributed by atoms with van der Waals surface area (Å²) in [6.45, 7) is 1.80. The van der Waals surface area contributed by atoms with Gasteiger partial charge in [0, 0.05) is 30.4 Å². The van der Waals surface area contributed by atoms with Crippen molar-refractivity contribution in [2.45, 2.75) is 37.8 Å². The predicted octanol–water partition coefficient (Wildman–Crippen LogP) is 3.03. The number of carbonyl (C=O) groups is 1. The second-order valence-corrected chi connectivity index (χ2v) is 7.46. The Morgan fingerprint density at radius 3 is 3.00 bits per heavy atom. The van der Waals surface area contributed by atoms with Crippen LogP contribution < -0.4 is 5.32 Å². The molecule has 5 heteroatoms. The van der Waals surface area contributed by atoms with Gasteiger partial charge in [0.25, 0.3) is 0 Å². The smallest absolute Gasteiger partial charge is 0.224 e. The molecule has 0 spiro atoms. The minimum absolute atomic E-state index is 0.119. The zero-order valence-corrected chi connectivity index (χ0v) is 14.5. The first-order valence-corrected chi connectivity index (χ1v) is 9.72. The number of hydrogen-bond donors (Lipinski definition) is 1. The van der Waals surface area contributed by atoms with Crippen LogP contribution in [-0.2, 0) is 11.2 Å². The molecule has 126 valence electrons. The highest BCUT2D eigenvalue weighted by Crippen LogP contribution is 2.44. The SMILES string of the molecule is O=C(NCCc1cscn1)[C@@H]1C[C@H](c2ccccc2)N2CCC[C@@H]12. The van der Waals surface area contributed by atoms with Crippen LogP contribution in [0.15, 0.2) is 41.2 Å². The van der Waals surface area contributed by atoms with E-state index in [1.54, 1.807) is 11.3 Å². The molecule has 0 unspecified atom stereocenters. The van der Waals surface area contributed by atoms with Crippen molar-refractivity contribution in [3.05, 3.63) is 52.5 Å². The molecule has 1 aromatic heterocycles. The molecule has 3 heterocycles. The van der Waals surface area contributed by atoms with Crippen LogP contribution in [0.25, 0.3) is 0 Å². The number of thiazole rings is 1. The number of amides is 1. The van der Waals surface area contributed by atoms with Gasteiger partial charge in [-0.05, 0) is 31.4 Å². The molecular weight excluding hydrogens is 318 g/mol. The molecule has 2 aliphatic heterocycles. The number of carbonyl (C=O) groups excluding carboxylic acids is 1. The van der Waals surface area contributed by atoms with Crippen LogP contribution in [0.3, 0.4) is 0 Å². The number of aromatic nitrogens is 1. The van der Waals surface area contributed by atoms with E-state index in [-0.39, 0.29) is 11.8 Å². The van der Waals surface area contributed by atoms with Gasteiger partial charge in [-0.3, -0.25) is 9.69 Å². The second kappa shape index (κ2) is 7.03. The van der Waals surface area contributed by atoms with Gasteiger partial charge in [0.1, 0.15) is 0 Å². The Bertz CT molecular complexity index is 673. The summed E-state index contributed by atoms with van der Waals surface area (Å²) >= 11 is 1.60. The molecular formula is C19H23N3OS. The lowest BCUT2D eigenvalue weighted by Crippen LogP contribution is -2.38.